The number of phenolic OH excluding ortho intramolecular Hbond substituents is 1. The highest BCUT2D eigenvalue weighted by atomic mass is 16.5. The molecule has 2 heterocycles. The minimum Gasteiger partial charge on any atom is -0.508 e. The summed E-state index contributed by atoms with van der Waals surface area (Å²) in [5.74, 6) is 0.512. The summed E-state index contributed by atoms with van der Waals surface area (Å²) in [4.78, 5) is 39.7. The number of ether oxygens (including phenoxy) is 1. The van der Waals surface area contributed by atoms with Crippen LogP contribution in [0.2, 0.25) is 0 Å². The largest absolute Gasteiger partial charge is 0.508 e. The van der Waals surface area contributed by atoms with Crippen LogP contribution in [0, 0.1) is 0 Å². The van der Waals surface area contributed by atoms with Crippen LogP contribution in [0.1, 0.15) is 18.4 Å². The Labute approximate surface area is 185 Å². The van der Waals surface area contributed by atoms with Gasteiger partial charge in [0.1, 0.15) is 23.6 Å². The first-order chi connectivity index (χ1) is 15.4. The van der Waals surface area contributed by atoms with E-state index in [2.05, 4.69) is 16.0 Å². The molecular weight excluding hydrogens is 412 g/mol. The van der Waals surface area contributed by atoms with Crippen LogP contribution in [0.15, 0.2) is 48.5 Å². The number of nitrogens with one attached hydrogen (secondary N) is 3. The molecule has 32 heavy (non-hydrogen) atoms. The van der Waals surface area contributed by atoms with Gasteiger partial charge in [-0.25, -0.2) is 4.79 Å². The Kier molecular flexibility index (Phi) is 6.16. The molecule has 4 rings (SSSR count). The van der Waals surface area contributed by atoms with E-state index >= 15 is 0 Å². The molecule has 0 radical (unpaired) electrons. The molecule has 2 aliphatic rings. The van der Waals surface area contributed by atoms with Gasteiger partial charge in [-0.15, -0.1) is 0 Å². The van der Waals surface area contributed by atoms with Gasteiger partial charge in [-0.1, -0.05) is 12.1 Å². The highest BCUT2D eigenvalue weighted by Crippen LogP contribution is 2.24. The van der Waals surface area contributed by atoms with E-state index in [1.807, 2.05) is 0 Å². The lowest BCUT2D eigenvalue weighted by Gasteiger charge is -2.44. The molecule has 2 aromatic rings. The summed E-state index contributed by atoms with van der Waals surface area (Å²) in [6.45, 7) is 0.399. The summed E-state index contributed by atoms with van der Waals surface area (Å²) in [6.07, 6.45) is 1.29. The average molecular weight is 438 g/mol. The first kappa shape index (κ1) is 21.5. The summed E-state index contributed by atoms with van der Waals surface area (Å²) in [5.41, 5.74) is 1.48. The van der Waals surface area contributed by atoms with Crippen LogP contribution in [0.4, 0.5) is 10.5 Å². The molecule has 0 bridgehead atoms. The third-order valence-electron chi connectivity index (χ3n) is 5.86. The summed E-state index contributed by atoms with van der Waals surface area (Å²) in [5, 5.41) is 17.9. The smallest absolute Gasteiger partial charge is 0.319 e. The lowest BCUT2D eigenvalue weighted by molar-refractivity contribution is -0.151. The number of hydrogen-bond donors (Lipinski definition) is 4. The predicted octanol–water partition coefficient (Wildman–Crippen LogP) is 1.62. The van der Waals surface area contributed by atoms with Crippen molar-refractivity contribution >= 4 is 23.5 Å². The molecule has 9 nitrogen and oxygen atoms in total. The number of nitrogens with zero attached hydrogens (tertiary/aromatic N) is 1. The number of carbonyl (C=O) groups excluding carboxylic acids is 3. The summed E-state index contributed by atoms with van der Waals surface area (Å²) < 4.78 is 5.10. The molecule has 168 valence electrons. The van der Waals surface area contributed by atoms with Gasteiger partial charge in [0.05, 0.1) is 7.11 Å². The second-order valence-electron chi connectivity index (χ2n) is 8.03. The second-order valence-corrected chi connectivity index (χ2v) is 8.03. The van der Waals surface area contributed by atoms with Gasteiger partial charge in [0.25, 0.3) is 0 Å². The van der Waals surface area contributed by atoms with Crippen LogP contribution in [0.3, 0.4) is 0 Å². The Morgan fingerprint density at radius 3 is 2.56 bits per heavy atom. The molecule has 4 N–H and O–H groups in total. The first-order valence-corrected chi connectivity index (χ1v) is 10.5. The Morgan fingerprint density at radius 1 is 1.16 bits per heavy atom. The average Bonchev–Trinajstić information content (AvgIpc) is 2.79. The third kappa shape index (κ3) is 4.77. The molecule has 0 aliphatic carbocycles. The zero-order valence-corrected chi connectivity index (χ0v) is 17.7. The van der Waals surface area contributed by atoms with Gasteiger partial charge in [0.2, 0.25) is 11.8 Å². The minimum atomic E-state index is -0.633. The number of rotatable bonds is 5. The van der Waals surface area contributed by atoms with Gasteiger partial charge in [0, 0.05) is 24.7 Å². The van der Waals surface area contributed by atoms with Gasteiger partial charge < -0.3 is 30.7 Å². The number of benzene rings is 2. The third-order valence-corrected chi connectivity index (χ3v) is 5.86. The Morgan fingerprint density at radius 2 is 1.88 bits per heavy atom. The van der Waals surface area contributed by atoms with Crippen molar-refractivity contribution in [2.24, 2.45) is 0 Å². The van der Waals surface area contributed by atoms with Crippen LogP contribution < -0.4 is 20.7 Å². The monoisotopic (exact) mass is 438 g/mol. The Bertz CT molecular complexity index is 992. The SMILES string of the molecule is COc1ccc(NC(=O)N[C@@H]2CCN3C(=O)[C@@H](Cc4ccc(O)cc4)NC(=O)[C@@H]3C2)cc1. The molecule has 9 heteroatoms. The van der Waals surface area contributed by atoms with Gasteiger partial charge >= 0.3 is 6.03 Å². The fourth-order valence-corrected chi connectivity index (χ4v) is 4.17. The number of piperazine rings is 1. The lowest BCUT2D eigenvalue weighted by Crippen LogP contribution is -2.67. The topological polar surface area (TPSA) is 120 Å². The summed E-state index contributed by atoms with van der Waals surface area (Å²) in [7, 11) is 1.57. The summed E-state index contributed by atoms with van der Waals surface area (Å²) >= 11 is 0. The van der Waals surface area contributed by atoms with Crippen molar-refractivity contribution in [3.8, 4) is 11.5 Å². The molecule has 2 aliphatic heterocycles. The fraction of sp³-hybridized carbons (Fsp3) is 0.348. The van der Waals surface area contributed by atoms with Gasteiger partial charge in [-0.05, 0) is 54.8 Å². The van der Waals surface area contributed by atoms with Crippen LogP contribution >= 0.6 is 0 Å². The molecule has 0 unspecified atom stereocenters. The molecule has 2 saturated heterocycles. The van der Waals surface area contributed by atoms with Crippen molar-refractivity contribution < 1.29 is 24.2 Å². The van der Waals surface area contributed by atoms with E-state index in [-0.39, 0.29) is 29.6 Å². The van der Waals surface area contributed by atoms with E-state index < -0.39 is 12.1 Å². The number of piperidine rings is 1. The van der Waals surface area contributed by atoms with Crippen molar-refractivity contribution in [2.45, 2.75) is 37.4 Å². The highest BCUT2D eigenvalue weighted by molar-refractivity contribution is 5.97. The predicted molar refractivity (Wildman–Crippen MR) is 117 cm³/mol. The number of amides is 4. The van der Waals surface area contributed by atoms with Crippen molar-refractivity contribution in [1.29, 1.82) is 0 Å². The summed E-state index contributed by atoms with van der Waals surface area (Å²) in [6, 6.07) is 11.7. The zero-order chi connectivity index (χ0) is 22.7. The van der Waals surface area contributed by atoms with E-state index in [9.17, 15) is 19.5 Å². The highest BCUT2D eigenvalue weighted by Gasteiger charge is 2.44. The van der Waals surface area contributed by atoms with Crippen molar-refractivity contribution in [1.82, 2.24) is 15.5 Å². The normalized spacial score (nSPS) is 22.5. The van der Waals surface area contributed by atoms with E-state index in [1.54, 1.807) is 60.5 Å². The van der Waals surface area contributed by atoms with Crippen molar-refractivity contribution in [3.63, 3.8) is 0 Å². The van der Waals surface area contributed by atoms with Crippen LogP contribution in [-0.4, -0.2) is 59.6 Å². The fourth-order valence-electron chi connectivity index (χ4n) is 4.17. The first-order valence-electron chi connectivity index (χ1n) is 10.5. The molecule has 0 saturated carbocycles. The molecule has 2 aromatic carbocycles. The molecule has 4 amide bonds. The van der Waals surface area contributed by atoms with Crippen molar-refractivity contribution in [2.75, 3.05) is 19.0 Å². The van der Waals surface area contributed by atoms with E-state index in [0.29, 0.717) is 37.2 Å². The number of anilines is 1. The maximum atomic E-state index is 13.0. The second kappa shape index (κ2) is 9.17. The minimum absolute atomic E-state index is 0.121. The van der Waals surface area contributed by atoms with E-state index in [1.165, 1.54) is 0 Å². The quantitative estimate of drug-likeness (QED) is 0.566. The lowest BCUT2D eigenvalue weighted by atomic mass is 9.91. The van der Waals surface area contributed by atoms with Gasteiger partial charge in [-0.3, -0.25) is 9.59 Å². The van der Waals surface area contributed by atoms with Crippen LogP contribution in [0.5, 0.6) is 11.5 Å². The Balaban J connectivity index is 1.33. The maximum absolute atomic E-state index is 13.0. The number of aromatic hydroxyl groups is 1. The maximum Gasteiger partial charge on any atom is 0.319 e. The van der Waals surface area contributed by atoms with Crippen LogP contribution in [-0.2, 0) is 16.0 Å². The molecule has 0 aromatic heterocycles. The molecule has 0 spiro atoms. The molecular formula is C23H26N4O5. The number of carbonyl (C=O) groups is 3. The number of hydrogen-bond acceptors (Lipinski definition) is 5. The standard InChI is InChI=1S/C23H26N4O5/c1-32-18-8-4-15(5-9-18)24-23(31)25-16-10-11-27-20(13-16)21(29)26-19(22(27)30)12-14-2-6-17(28)7-3-14/h2-9,16,19-20,28H,10-13H2,1H3,(H,26,29)(H2,24,25,31)/t16-,19-,20+/m1/s1. The van der Waals surface area contributed by atoms with Gasteiger partial charge in [-0.2, -0.15) is 0 Å². The van der Waals surface area contributed by atoms with E-state index in [4.69, 9.17) is 4.74 Å². The Hall–Kier alpha value is -3.75. The van der Waals surface area contributed by atoms with Crippen LogP contribution in [0.25, 0.3) is 0 Å². The van der Waals surface area contributed by atoms with E-state index in [0.717, 1.165) is 5.56 Å². The number of fused-ring (bicyclic) bond motifs is 1. The number of urea groups is 1. The molecule has 2 fully saturated rings. The zero-order valence-electron chi connectivity index (χ0n) is 17.7. The number of phenols is 1. The van der Waals surface area contributed by atoms with Gasteiger partial charge in [0.15, 0.2) is 0 Å². The molecule has 3 atom stereocenters. The van der Waals surface area contributed by atoms with Crippen molar-refractivity contribution in [3.05, 3.63) is 54.1 Å². The number of methoxy groups -OCH3 is 1.